The van der Waals surface area contributed by atoms with Gasteiger partial charge in [-0.2, -0.15) is 0 Å². The molecule has 3 aromatic heterocycles. The third-order valence-electron chi connectivity index (χ3n) is 10.3. The summed E-state index contributed by atoms with van der Waals surface area (Å²) in [7, 11) is 0. The number of hydrogen-bond acceptors (Lipinski definition) is 5. The van der Waals surface area contributed by atoms with E-state index in [4.69, 9.17) is 9.40 Å². The fourth-order valence-corrected chi connectivity index (χ4v) is 10.2. The molecule has 0 fully saturated rings. The Morgan fingerprint density at radius 3 is 1.85 bits per heavy atom. The molecule has 3 nitrogen and oxygen atoms in total. The average Bonchev–Trinajstić information content (AvgIpc) is 3.95. The minimum absolute atomic E-state index is 0.637. The molecule has 0 radical (unpaired) electrons. The van der Waals surface area contributed by atoms with Gasteiger partial charge in [-0.3, -0.25) is 0 Å². The van der Waals surface area contributed by atoms with Gasteiger partial charge in [0.1, 0.15) is 5.52 Å². The molecular formula is C49H30N2OS2. The van der Waals surface area contributed by atoms with Crippen molar-refractivity contribution in [2.24, 2.45) is 0 Å². The van der Waals surface area contributed by atoms with Gasteiger partial charge in [0.15, 0.2) is 5.58 Å². The Morgan fingerprint density at radius 2 is 1.06 bits per heavy atom. The van der Waals surface area contributed by atoms with E-state index in [0.717, 1.165) is 50.2 Å². The summed E-state index contributed by atoms with van der Waals surface area (Å²) in [4.78, 5) is 7.44. The summed E-state index contributed by atoms with van der Waals surface area (Å²) < 4.78 is 11.6. The van der Waals surface area contributed by atoms with Gasteiger partial charge in [-0.1, -0.05) is 121 Å². The molecule has 0 aliphatic rings. The van der Waals surface area contributed by atoms with E-state index in [-0.39, 0.29) is 0 Å². The van der Waals surface area contributed by atoms with Gasteiger partial charge in [0.25, 0.3) is 0 Å². The molecule has 0 N–H and O–H groups in total. The highest BCUT2D eigenvalue weighted by molar-refractivity contribution is 7.26. The molecule has 0 bridgehead atoms. The SMILES string of the molecule is c1ccc(-c2nc3cc(-c4ccc(N(c5ccc6c(c5)sc5ccccc56)c5ccccc5-c5ccccc5)cc4)c4sc5ccccc5c4c3o2)cc1. The smallest absolute Gasteiger partial charge is 0.227 e. The van der Waals surface area contributed by atoms with Gasteiger partial charge in [0, 0.05) is 68.4 Å². The number of anilines is 3. The third kappa shape index (κ3) is 5.05. The van der Waals surface area contributed by atoms with Crippen molar-refractivity contribution >= 4 is 91.2 Å². The second-order valence-electron chi connectivity index (χ2n) is 13.5. The van der Waals surface area contributed by atoms with E-state index < -0.39 is 0 Å². The Hall–Kier alpha value is -6.53. The zero-order valence-electron chi connectivity index (χ0n) is 28.9. The molecule has 5 heteroatoms. The molecule has 0 aliphatic carbocycles. The van der Waals surface area contributed by atoms with E-state index in [1.54, 1.807) is 0 Å². The van der Waals surface area contributed by atoms with Gasteiger partial charge < -0.3 is 9.32 Å². The Morgan fingerprint density at radius 1 is 0.444 bits per heavy atom. The van der Waals surface area contributed by atoms with Crippen molar-refractivity contribution in [3.05, 3.63) is 182 Å². The lowest BCUT2D eigenvalue weighted by Gasteiger charge is -2.28. The van der Waals surface area contributed by atoms with Crippen LogP contribution in [0.25, 0.3) is 85.2 Å². The Kier molecular flexibility index (Phi) is 7.22. The first-order valence-corrected chi connectivity index (χ1v) is 19.7. The van der Waals surface area contributed by atoms with E-state index in [0.29, 0.717) is 5.89 Å². The molecule has 8 aromatic carbocycles. The molecule has 254 valence electrons. The van der Waals surface area contributed by atoms with Crippen molar-refractivity contribution in [2.45, 2.75) is 0 Å². The van der Waals surface area contributed by atoms with E-state index in [1.165, 1.54) is 46.1 Å². The fourth-order valence-electron chi connectivity index (χ4n) is 7.79. The monoisotopic (exact) mass is 726 g/mol. The molecule has 54 heavy (non-hydrogen) atoms. The van der Waals surface area contributed by atoms with Gasteiger partial charge in [-0.25, -0.2) is 4.98 Å². The van der Waals surface area contributed by atoms with E-state index in [9.17, 15) is 0 Å². The van der Waals surface area contributed by atoms with Crippen LogP contribution in [0, 0.1) is 0 Å². The standard InChI is InChI=1S/C49H30N2OS2/c1-3-13-31(14-4-1)36-17-7-10-20-42(36)51(35-27-28-38-37-18-8-11-21-43(37)53-45(38)29-35)34-25-23-32(24-26-34)40-30-41-47(52-49(50-41)33-15-5-2-6-16-33)46-39-19-9-12-22-44(39)54-48(40)46/h1-30H. The van der Waals surface area contributed by atoms with Crippen molar-refractivity contribution < 1.29 is 4.42 Å². The van der Waals surface area contributed by atoms with Crippen molar-refractivity contribution in [3.8, 4) is 33.7 Å². The van der Waals surface area contributed by atoms with Gasteiger partial charge in [-0.15, -0.1) is 22.7 Å². The van der Waals surface area contributed by atoms with Crippen molar-refractivity contribution in [1.29, 1.82) is 0 Å². The molecule has 0 amide bonds. The highest BCUT2D eigenvalue weighted by Gasteiger charge is 2.22. The molecule has 0 atom stereocenters. The number of hydrogen-bond donors (Lipinski definition) is 0. The van der Waals surface area contributed by atoms with Crippen LogP contribution in [0.3, 0.4) is 0 Å². The predicted molar refractivity (Wildman–Crippen MR) is 231 cm³/mol. The summed E-state index contributed by atoms with van der Waals surface area (Å²) in [6, 6.07) is 65.0. The summed E-state index contributed by atoms with van der Waals surface area (Å²) >= 11 is 3.66. The van der Waals surface area contributed by atoms with Crippen LogP contribution >= 0.6 is 22.7 Å². The summed E-state index contributed by atoms with van der Waals surface area (Å²) in [5, 5.41) is 4.91. The predicted octanol–water partition coefficient (Wildman–Crippen LogP) is 15.0. The maximum atomic E-state index is 6.56. The Labute approximate surface area is 319 Å². The molecule has 0 saturated carbocycles. The number of fused-ring (bicyclic) bond motifs is 8. The second-order valence-corrected chi connectivity index (χ2v) is 15.6. The molecule has 0 unspecified atom stereocenters. The summed E-state index contributed by atoms with van der Waals surface area (Å²) in [5.74, 6) is 0.637. The number of thiophene rings is 2. The van der Waals surface area contributed by atoms with Crippen molar-refractivity contribution in [2.75, 3.05) is 4.90 Å². The number of nitrogens with zero attached hydrogens (tertiary/aromatic N) is 2. The number of rotatable bonds is 6. The van der Waals surface area contributed by atoms with Crippen LogP contribution in [-0.2, 0) is 0 Å². The first kappa shape index (κ1) is 31.0. The van der Waals surface area contributed by atoms with Gasteiger partial charge in [-0.05, 0) is 71.8 Å². The van der Waals surface area contributed by atoms with Gasteiger partial charge >= 0.3 is 0 Å². The molecule has 11 rings (SSSR count). The molecular weight excluding hydrogens is 697 g/mol. The number of aromatic nitrogens is 1. The Balaban J connectivity index is 1.09. The van der Waals surface area contributed by atoms with Crippen molar-refractivity contribution in [3.63, 3.8) is 0 Å². The zero-order valence-corrected chi connectivity index (χ0v) is 30.6. The molecule has 0 spiro atoms. The largest absolute Gasteiger partial charge is 0.435 e. The quantitative estimate of drug-likeness (QED) is 0.171. The molecule has 0 saturated heterocycles. The Bertz CT molecular complexity index is 3160. The van der Waals surface area contributed by atoms with E-state index in [1.807, 2.05) is 53.0 Å². The maximum absolute atomic E-state index is 6.56. The molecule has 3 heterocycles. The summed E-state index contributed by atoms with van der Waals surface area (Å²) in [6.45, 7) is 0. The van der Waals surface area contributed by atoms with Gasteiger partial charge in [0.2, 0.25) is 5.89 Å². The average molecular weight is 727 g/mol. The van der Waals surface area contributed by atoms with Crippen LogP contribution in [0.2, 0.25) is 0 Å². The number of benzene rings is 8. The minimum Gasteiger partial charge on any atom is -0.435 e. The van der Waals surface area contributed by atoms with Crippen LogP contribution < -0.4 is 4.90 Å². The summed E-state index contributed by atoms with van der Waals surface area (Å²) in [5.41, 5.74) is 10.6. The maximum Gasteiger partial charge on any atom is 0.227 e. The topological polar surface area (TPSA) is 29.3 Å². The number of oxazole rings is 1. The van der Waals surface area contributed by atoms with Crippen LogP contribution in [0.4, 0.5) is 17.1 Å². The van der Waals surface area contributed by atoms with Gasteiger partial charge in [0.05, 0.1) is 5.69 Å². The normalized spacial score (nSPS) is 11.7. The van der Waals surface area contributed by atoms with Crippen molar-refractivity contribution in [1.82, 2.24) is 4.98 Å². The fraction of sp³-hybridized carbons (Fsp3) is 0. The lowest BCUT2D eigenvalue weighted by Crippen LogP contribution is -2.11. The molecule has 0 aliphatic heterocycles. The van der Waals surface area contributed by atoms with Crippen LogP contribution in [0.5, 0.6) is 0 Å². The lowest BCUT2D eigenvalue weighted by atomic mass is 9.99. The van der Waals surface area contributed by atoms with Crippen LogP contribution in [-0.4, -0.2) is 4.98 Å². The van der Waals surface area contributed by atoms with E-state index >= 15 is 0 Å². The first-order chi connectivity index (χ1) is 26.8. The lowest BCUT2D eigenvalue weighted by molar-refractivity contribution is 0.623. The molecule has 11 aromatic rings. The highest BCUT2D eigenvalue weighted by atomic mass is 32.1. The highest BCUT2D eigenvalue weighted by Crippen LogP contribution is 2.47. The zero-order chi connectivity index (χ0) is 35.6. The van der Waals surface area contributed by atoms with E-state index in [2.05, 4.69) is 157 Å². The second kappa shape index (κ2) is 12.6. The van der Waals surface area contributed by atoms with Crippen LogP contribution in [0.1, 0.15) is 0 Å². The van der Waals surface area contributed by atoms with Crippen LogP contribution in [0.15, 0.2) is 186 Å². The first-order valence-electron chi connectivity index (χ1n) is 18.0. The number of para-hydroxylation sites is 1. The minimum atomic E-state index is 0.637. The third-order valence-corrected chi connectivity index (χ3v) is 12.6. The summed E-state index contributed by atoms with van der Waals surface area (Å²) in [6.07, 6.45) is 0.